The quantitative estimate of drug-likeness (QED) is 0.723. The maximum absolute atomic E-state index is 9.14. The van der Waals surface area contributed by atoms with Gasteiger partial charge in [-0.25, -0.2) is 0 Å². The fourth-order valence-corrected chi connectivity index (χ4v) is 2.46. The summed E-state index contributed by atoms with van der Waals surface area (Å²) in [5.41, 5.74) is 5.55. The fraction of sp³-hybridized carbons (Fsp3) is 1.00. The maximum Gasteiger partial charge on any atom is 0.0609 e. The molecule has 3 nitrogen and oxygen atoms in total. The Bertz CT molecular complexity index is 194. The van der Waals surface area contributed by atoms with Crippen LogP contribution in [-0.2, 0) is 0 Å². The van der Waals surface area contributed by atoms with Gasteiger partial charge in [-0.2, -0.15) is 0 Å². The van der Waals surface area contributed by atoms with Gasteiger partial charge in [-0.1, -0.05) is 13.3 Å². The van der Waals surface area contributed by atoms with Crippen LogP contribution in [0.15, 0.2) is 0 Å². The molecule has 0 amide bonds. The number of aliphatic hydroxyl groups excluding tert-OH is 1. The number of rotatable bonds is 5. The molecule has 1 rings (SSSR count). The molecule has 1 aliphatic heterocycles. The molecule has 1 fully saturated rings. The molecule has 1 heterocycles. The van der Waals surface area contributed by atoms with Gasteiger partial charge in [0.2, 0.25) is 0 Å². The topological polar surface area (TPSA) is 49.5 Å². The Morgan fingerprint density at radius 1 is 1.60 bits per heavy atom. The van der Waals surface area contributed by atoms with Crippen molar-refractivity contribution in [1.29, 1.82) is 0 Å². The van der Waals surface area contributed by atoms with E-state index in [0.717, 1.165) is 12.3 Å². The van der Waals surface area contributed by atoms with E-state index in [0.29, 0.717) is 6.04 Å². The molecule has 3 unspecified atom stereocenters. The second-order valence-corrected chi connectivity index (χ2v) is 5.42. The average Bonchev–Trinajstić information content (AvgIpc) is 2.65. The molecule has 0 aliphatic carbocycles. The van der Waals surface area contributed by atoms with Crippen molar-refractivity contribution in [2.24, 2.45) is 11.7 Å². The Hall–Kier alpha value is -0.120. The molecule has 3 N–H and O–H groups in total. The number of nitrogens with zero attached hydrogens (tertiary/aromatic N) is 1. The summed E-state index contributed by atoms with van der Waals surface area (Å²) in [7, 11) is 0. The van der Waals surface area contributed by atoms with Crippen molar-refractivity contribution in [3.8, 4) is 0 Å². The zero-order valence-corrected chi connectivity index (χ0v) is 10.4. The number of hydrogen-bond donors (Lipinski definition) is 2. The highest BCUT2D eigenvalue weighted by molar-refractivity contribution is 4.86. The van der Waals surface area contributed by atoms with Gasteiger partial charge in [-0.05, 0) is 39.2 Å². The van der Waals surface area contributed by atoms with E-state index < -0.39 is 5.54 Å². The predicted octanol–water partition coefficient (Wildman–Crippen LogP) is 1.21. The molecule has 90 valence electrons. The van der Waals surface area contributed by atoms with Crippen molar-refractivity contribution < 1.29 is 5.11 Å². The van der Waals surface area contributed by atoms with Gasteiger partial charge < -0.3 is 15.7 Å². The minimum atomic E-state index is -0.427. The Labute approximate surface area is 93.6 Å². The van der Waals surface area contributed by atoms with Gasteiger partial charge in [-0.15, -0.1) is 0 Å². The molecular formula is C12H26N2O. The Morgan fingerprint density at radius 2 is 2.27 bits per heavy atom. The average molecular weight is 214 g/mol. The van der Waals surface area contributed by atoms with Gasteiger partial charge in [0.05, 0.1) is 6.61 Å². The molecule has 0 aromatic heterocycles. The molecular weight excluding hydrogens is 188 g/mol. The van der Waals surface area contributed by atoms with E-state index in [9.17, 15) is 0 Å². The Balaban J connectivity index is 2.38. The Morgan fingerprint density at radius 3 is 2.73 bits per heavy atom. The minimum absolute atomic E-state index is 0.0718. The van der Waals surface area contributed by atoms with Crippen LogP contribution in [-0.4, -0.2) is 41.3 Å². The van der Waals surface area contributed by atoms with Gasteiger partial charge >= 0.3 is 0 Å². The summed E-state index contributed by atoms with van der Waals surface area (Å²) >= 11 is 0. The van der Waals surface area contributed by atoms with Gasteiger partial charge in [0.25, 0.3) is 0 Å². The summed E-state index contributed by atoms with van der Waals surface area (Å²) in [6, 6.07) is 0.490. The zero-order chi connectivity index (χ0) is 11.5. The lowest BCUT2D eigenvalue weighted by molar-refractivity contribution is 0.150. The van der Waals surface area contributed by atoms with E-state index >= 15 is 0 Å². The standard InChI is InChI=1S/C12H26N2O/c1-4-11-5-6-14(8-11)10(2)7-12(3,13)9-15/h10-11,15H,4-9,13H2,1-3H3. The van der Waals surface area contributed by atoms with Gasteiger partial charge in [0.15, 0.2) is 0 Å². The lowest BCUT2D eigenvalue weighted by Crippen LogP contribution is -2.46. The smallest absolute Gasteiger partial charge is 0.0609 e. The number of aliphatic hydroxyl groups is 1. The number of nitrogens with two attached hydrogens (primary N) is 1. The molecule has 3 atom stereocenters. The molecule has 0 radical (unpaired) electrons. The molecule has 1 aliphatic rings. The third-order valence-electron chi connectivity index (χ3n) is 3.64. The molecule has 0 spiro atoms. The van der Waals surface area contributed by atoms with E-state index in [-0.39, 0.29) is 6.61 Å². The highest BCUT2D eigenvalue weighted by Crippen LogP contribution is 2.23. The van der Waals surface area contributed by atoms with Gasteiger partial charge in [0.1, 0.15) is 0 Å². The van der Waals surface area contributed by atoms with Crippen LogP contribution in [0.25, 0.3) is 0 Å². The van der Waals surface area contributed by atoms with Crippen LogP contribution >= 0.6 is 0 Å². The minimum Gasteiger partial charge on any atom is -0.394 e. The summed E-state index contributed by atoms with van der Waals surface area (Å²) in [5.74, 6) is 0.866. The molecule has 0 aromatic carbocycles. The van der Waals surface area contributed by atoms with Crippen molar-refractivity contribution >= 4 is 0 Å². The molecule has 0 saturated carbocycles. The van der Waals surface area contributed by atoms with Crippen LogP contribution in [0.2, 0.25) is 0 Å². The molecule has 1 saturated heterocycles. The monoisotopic (exact) mass is 214 g/mol. The van der Waals surface area contributed by atoms with E-state index in [2.05, 4.69) is 18.7 Å². The van der Waals surface area contributed by atoms with E-state index in [1.807, 2.05) is 6.92 Å². The van der Waals surface area contributed by atoms with Crippen LogP contribution in [0.1, 0.15) is 40.0 Å². The first-order chi connectivity index (χ1) is 6.98. The van der Waals surface area contributed by atoms with E-state index in [1.165, 1.54) is 25.9 Å². The summed E-state index contributed by atoms with van der Waals surface area (Å²) in [6.07, 6.45) is 3.48. The first kappa shape index (κ1) is 12.9. The highest BCUT2D eigenvalue weighted by Gasteiger charge is 2.29. The molecule has 3 heteroatoms. The lowest BCUT2D eigenvalue weighted by atomic mass is 9.95. The number of likely N-dealkylation sites (tertiary alicyclic amines) is 1. The lowest BCUT2D eigenvalue weighted by Gasteiger charge is -2.31. The van der Waals surface area contributed by atoms with Crippen molar-refractivity contribution in [3.05, 3.63) is 0 Å². The van der Waals surface area contributed by atoms with E-state index in [4.69, 9.17) is 10.8 Å². The third-order valence-corrected chi connectivity index (χ3v) is 3.64. The van der Waals surface area contributed by atoms with Crippen molar-refractivity contribution in [3.63, 3.8) is 0 Å². The SMILES string of the molecule is CCC1CCN(C(C)CC(C)(N)CO)C1. The molecule has 15 heavy (non-hydrogen) atoms. The first-order valence-electron chi connectivity index (χ1n) is 6.12. The maximum atomic E-state index is 9.14. The van der Waals surface area contributed by atoms with Crippen molar-refractivity contribution in [2.45, 2.75) is 51.6 Å². The van der Waals surface area contributed by atoms with Crippen LogP contribution in [0.4, 0.5) is 0 Å². The van der Waals surface area contributed by atoms with E-state index in [1.54, 1.807) is 0 Å². The zero-order valence-electron chi connectivity index (χ0n) is 10.4. The van der Waals surface area contributed by atoms with Gasteiger partial charge in [-0.3, -0.25) is 0 Å². The van der Waals surface area contributed by atoms with Crippen molar-refractivity contribution in [1.82, 2.24) is 4.90 Å². The third kappa shape index (κ3) is 3.74. The summed E-state index contributed by atoms with van der Waals surface area (Å²) in [5, 5.41) is 9.14. The van der Waals surface area contributed by atoms with Gasteiger partial charge in [0, 0.05) is 18.1 Å². The molecule has 0 aromatic rings. The highest BCUT2D eigenvalue weighted by atomic mass is 16.3. The second kappa shape index (κ2) is 5.28. The summed E-state index contributed by atoms with van der Waals surface area (Å²) < 4.78 is 0. The summed E-state index contributed by atoms with van der Waals surface area (Å²) in [4.78, 5) is 2.51. The summed E-state index contributed by atoms with van der Waals surface area (Å²) in [6.45, 7) is 8.89. The normalized spacial score (nSPS) is 29.0. The van der Waals surface area contributed by atoms with Crippen molar-refractivity contribution in [2.75, 3.05) is 19.7 Å². The first-order valence-corrected chi connectivity index (χ1v) is 6.12. The molecule has 0 bridgehead atoms. The largest absolute Gasteiger partial charge is 0.394 e. The predicted molar refractivity (Wildman–Crippen MR) is 63.7 cm³/mol. The fourth-order valence-electron chi connectivity index (χ4n) is 2.46. The van der Waals surface area contributed by atoms with Crippen LogP contribution in [0, 0.1) is 5.92 Å². The van der Waals surface area contributed by atoms with Crippen LogP contribution < -0.4 is 5.73 Å². The second-order valence-electron chi connectivity index (χ2n) is 5.42. The van der Waals surface area contributed by atoms with Crippen LogP contribution in [0.5, 0.6) is 0 Å². The van der Waals surface area contributed by atoms with Crippen LogP contribution in [0.3, 0.4) is 0 Å². The number of hydrogen-bond acceptors (Lipinski definition) is 3. The Kier molecular flexibility index (Phi) is 4.56.